The number of aryl methyl sites for hydroxylation is 1. The molecule has 0 saturated heterocycles. The highest BCUT2D eigenvalue weighted by molar-refractivity contribution is 9.10. The molecule has 86 valence electrons. The van der Waals surface area contributed by atoms with Crippen LogP contribution in [0.5, 0.6) is 0 Å². The minimum Gasteiger partial charge on any atom is -0.458 e. The van der Waals surface area contributed by atoms with Gasteiger partial charge in [-0.25, -0.2) is 0 Å². The summed E-state index contributed by atoms with van der Waals surface area (Å²) in [5.41, 5.74) is 2.02. The first kappa shape index (κ1) is 12.0. The molecule has 1 aromatic heterocycles. The fourth-order valence-corrected chi connectivity index (χ4v) is 2.59. The number of hydrogen-bond acceptors (Lipinski definition) is 2. The zero-order valence-corrected chi connectivity index (χ0v) is 11.6. The summed E-state index contributed by atoms with van der Waals surface area (Å²) in [6.45, 7) is 5.81. The lowest BCUT2D eigenvalue weighted by Crippen LogP contribution is -2.11. The van der Waals surface area contributed by atoms with E-state index in [9.17, 15) is 0 Å². The van der Waals surface area contributed by atoms with Gasteiger partial charge in [0, 0.05) is 10.4 Å². The average Bonchev–Trinajstić information content (AvgIpc) is 2.54. The standard InChI is InChI=1S/C12H13BrClNO/c1-3-15-6-11-7(2)9-4-8(14)5-10(13)12(9)16-11/h4-5,15H,3,6H2,1-2H3. The predicted octanol–water partition coefficient (Wildman–Crippen LogP) is 4.27. The Hall–Kier alpha value is -0.510. The number of hydrogen-bond donors (Lipinski definition) is 1. The van der Waals surface area contributed by atoms with Gasteiger partial charge in [-0.15, -0.1) is 0 Å². The first-order valence-corrected chi connectivity index (χ1v) is 6.38. The Morgan fingerprint density at radius 1 is 1.44 bits per heavy atom. The van der Waals surface area contributed by atoms with E-state index >= 15 is 0 Å². The van der Waals surface area contributed by atoms with Gasteiger partial charge in [-0.3, -0.25) is 0 Å². The van der Waals surface area contributed by atoms with Crippen molar-refractivity contribution < 1.29 is 4.42 Å². The van der Waals surface area contributed by atoms with Crippen LogP contribution in [-0.2, 0) is 6.54 Å². The third kappa shape index (κ3) is 2.12. The molecular formula is C12H13BrClNO. The molecule has 1 aromatic carbocycles. The van der Waals surface area contributed by atoms with Crippen LogP contribution < -0.4 is 5.32 Å². The molecule has 1 heterocycles. The van der Waals surface area contributed by atoms with Gasteiger partial charge in [0.2, 0.25) is 0 Å². The molecular weight excluding hydrogens is 289 g/mol. The second kappa shape index (κ2) is 4.78. The minimum atomic E-state index is 0.721. The summed E-state index contributed by atoms with van der Waals surface area (Å²) in [5.74, 6) is 0.972. The molecule has 2 aromatic rings. The number of rotatable bonds is 3. The van der Waals surface area contributed by atoms with E-state index in [1.165, 1.54) is 0 Å². The van der Waals surface area contributed by atoms with E-state index in [0.717, 1.165) is 44.9 Å². The van der Waals surface area contributed by atoms with Gasteiger partial charge in [-0.05, 0) is 47.1 Å². The van der Waals surface area contributed by atoms with Crippen LogP contribution in [0.3, 0.4) is 0 Å². The number of nitrogens with one attached hydrogen (secondary N) is 1. The SMILES string of the molecule is CCNCc1oc2c(Br)cc(Cl)cc2c1C. The highest BCUT2D eigenvalue weighted by Gasteiger charge is 2.13. The van der Waals surface area contributed by atoms with Gasteiger partial charge in [0.1, 0.15) is 11.3 Å². The van der Waals surface area contributed by atoms with Crippen LogP contribution in [0.25, 0.3) is 11.0 Å². The molecule has 0 aliphatic heterocycles. The summed E-state index contributed by atoms with van der Waals surface area (Å²) in [4.78, 5) is 0. The van der Waals surface area contributed by atoms with E-state index in [1.807, 2.05) is 12.1 Å². The van der Waals surface area contributed by atoms with Crippen molar-refractivity contribution in [3.8, 4) is 0 Å². The molecule has 0 amide bonds. The zero-order chi connectivity index (χ0) is 11.7. The smallest absolute Gasteiger partial charge is 0.148 e. The molecule has 0 spiro atoms. The molecule has 0 saturated carbocycles. The molecule has 4 heteroatoms. The molecule has 2 rings (SSSR count). The van der Waals surface area contributed by atoms with Crippen LogP contribution in [0.2, 0.25) is 5.02 Å². The predicted molar refractivity (Wildman–Crippen MR) is 71.0 cm³/mol. The van der Waals surface area contributed by atoms with Crippen molar-refractivity contribution in [1.82, 2.24) is 5.32 Å². The van der Waals surface area contributed by atoms with Crippen molar-refractivity contribution in [1.29, 1.82) is 0 Å². The first-order chi connectivity index (χ1) is 7.63. The Kier molecular flexibility index (Phi) is 3.57. The lowest BCUT2D eigenvalue weighted by Gasteiger charge is -1.97. The van der Waals surface area contributed by atoms with Gasteiger partial charge < -0.3 is 9.73 Å². The van der Waals surface area contributed by atoms with E-state index in [2.05, 4.69) is 35.1 Å². The second-order valence-electron chi connectivity index (χ2n) is 3.69. The van der Waals surface area contributed by atoms with Crippen molar-refractivity contribution in [3.63, 3.8) is 0 Å². The average molecular weight is 303 g/mol. The van der Waals surface area contributed by atoms with E-state index in [0.29, 0.717) is 0 Å². The maximum absolute atomic E-state index is 6.02. The quantitative estimate of drug-likeness (QED) is 0.916. The normalized spacial score (nSPS) is 11.2. The molecule has 0 aliphatic carbocycles. The Bertz CT molecular complexity index is 521. The van der Waals surface area contributed by atoms with Gasteiger partial charge >= 0.3 is 0 Å². The van der Waals surface area contributed by atoms with Crippen LogP contribution >= 0.6 is 27.5 Å². The Labute approximate surface area is 108 Å². The monoisotopic (exact) mass is 301 g/mol. The van der Waals surface area contributed by atoms with Crippen molar-refractivity contribution in [2.75, 3.05) is 6.54 Å². The lowest BCUT2D eigenvalue weighted by molar-refractivity contribution is 0.515. The molecule has 0 fully saturated rings. The highest BCUT2D eigenvalue weighted by Crippen LogP contribution is 2.33. The van der Waals surface area contributed by atoms with Crippen LogP contribution in [0, 0.1) is 6.92 Å². The van der Waals surface area contributed by atoms with E-state index in [-0.39, 0.29) is 0 Å². The molecule has 1 N–H and O–H groups in total. The molecule has 0 atom stereocenters. The number of benzene rings is 1. The molecule has 16 heavy (non-hydrogen) atoms. The zero-order valence-electron chi connectivity index (χ0n) is 9.23. The maximum Gasteiger partial charge on any atom is 0.148 e. The Balaban J connectivity index is 2.54. The van der Waals surface area contributed by atoms with Gasteiger partial charge in [-0.1, -0.05) is 18.5 Å². The molecule has 2 nitrogen and oxygen atoms in total. The third-order valence-corrected chi connectivity index (χ3v) is 3.40. The van der Waals surface area contributed by atoms with E-state index < -0.39 is 0 Å². The van der Waals surface area contributed by atoms with Gasteiger partial charge in [0.25, 0.3) is 0 Å². The van der Waals surface area contributed by atoms with Crippen LogP contribution in [0.15, 0.2) is 21.0 Å². The van der Waals surface area contributed by atoms with Crippen molar-refractivity contribution in [3.05, 3.63) is 33.0 Å². The largest absolute Gasteiger partial charge is 0.458 e. The van der Waals surface area contributed by atoms with Crippen LogP contribution in [0.1, 0.15) is 18.2 Å². The Morgan fingerprint density at radius 2 is 2.19 bits per heavy atom. The van der Waals surface area contributed by atoms with Crippen molar-refractivity contribution in [2.45, 2.75) is 20.4 Å². The highest BCUT2D eigenvalue weighted by atomic mass is 79.9. The third-order valence-electron chi connectivity index (χ3n) is 2.59. The first-order valence-electron chi connectivity index (χ1n) is 5.21. The van der Waals surface area contributed by atoms with E-state index in [4.69, 9.17) is 16.0 Å². The maximum atomic E-state index is 6.02. The lowest BCUT2D eigenvalue weighted by atomic mass is 10.1. The number of furan rings is 1. The summed E-state index contributed by atoms with van der Waals surface area (Å²) in [7, 11) is 0. The van der Waals surface area contributed by atoms with E-state index in [1.54, 1.807) is 0 Å². The summed E-state index contributed by atoms with van der Waals surface area (Å²) in [6, 6.07) is 3.79. The summed E-state index contributed by atoms with van der Waals surface area (Å²) in [6.07, 6.45) is 0. The van der Waals surface area contributed by atoms with Crippen LogP contribution in [0.4, 0.5) is 0 Å². The topological polar surface area (TPSA) is 25.2 Å². The summed E-state index contributed by atoms with van der Waals surface area (Å²) in [5, 5.41) is 5.06. The fraction of sp³-hybridized carbons (Fsp3) is 0.333. The molecule has 0 radical (unpaired) electrons. The summed E-state index contributed by atoms with van der Waals surface area (Å²) < 4.78 is 6.72. The van der Waals surface area contributed by atoms with Gasteiger partial charge in [0.05, 0.1) is 11.0 Å². The van der Waals surface area contributed by atoms with Crippen molar-refractivity contribution in [2.24, 2.45) is 0 Å². The Morgan fingerprint density at radius 3 is 2.88 bits per heavy atom. The fourth-order valence-electron chi connectivity index (χ4n) is 1.70. The van der Waals surface area contributed by atoms with Crippen molar-refractivity contribution >= 4 is 38.5 Å². The molecule has 0 unspecified atom stereocenters. The minimum absolute atomic E-state index is 0.721. The number of fused-ring (bicyclic) bond motifs is 1. The summed E-state index contributed by atoms with van der Waals surface area (Å²) >= 11 is 9.49. The second-order valence-corrected chi connectivity index (χ2v) is 4.99. The molecule has 0 bridgehead atoms. The molecule has 0 aliphatic rings. The number of halogens is 2. The van der Waals surface area contributed by atoms with Gasteiger partial charge in [0.15, 0.2) is 0 Å². The van der Waals surface area contributed by atoms with Crippen LogP contribution in [-0.4, -0.2) is 6.54 Å². The van der Waals surface area contributed by atoms with Gasteiger partial charge in [-0.2, -0.15) is 0 Å².